The van der Waals surface area contributed by atoms with E-state index in [1.807, 2.05) is 78.9 Å². The number of benzene rings is 3. The Morgan fingerprint density at radius 1 is 0.517 bits per heavy atom. The lowest BCUT2D eigenvalue weighted by atomic mass is 10.0. The molecule has 0 radical (unpaired) electrons. The maximum absolute atomic E-state index is 6.00. The van der Waals surface area contributed by atoms with Crippen LogP contribution in [0.25, 0.3) is 0 Å². The van der Waals surface area contributed by atoms with Gasteiger partial charge in [0.25, 0.3) is 0 Å². The summed E-state index contributed by atoms with van der Waals surface area (Å²) in [7, 11) is 0. The van der Waals surface area contributed by atoms with Gasteiger partial charge in [0.1, 0.15) is 0 Å². The maximum Gasteiger partial charge on any atom is -0.0219 e. The van der Waals surface area contributed by atoms with Crippen LogP contribution in [0, 0.1) is 0 Å². The third-order valence-electron chi connectivity index (χ3n) is 3.68. The van der Waals surface area contributed by atoms with E-state index in [4.69, 9.17) is 10.5 Å². The second-order valence-electron chi connectivity index (χ2n) is 6.31. The Bertz CT molecular complexity index is 608. The molecule has 0 spiro atoms. The minimum absolute atomic E-state index is 0.659. The maximum atomic E-state index is 6.00. The Kier molecular flexibility index (Phi) is 19.2. The number of hydrogen-bond donors (Lipinski definition) is 2. The first-order valence-electron chi connectivity index (χ1n) is 9.87. The van der Waals surface area contributed by atoms with Gasteiger partial charge in [-0.3, -0.25) is 10.5 Å². The molecular formula is C27H34O2. The van der Waals surface area contributed by atoms with Crippen LogP contribution >= 0.6 is 0 Å². The van der Waals surface area contributed by atoms with Crippen LogP contribution in [-0.2, 0) is 0 Å². The Morgan fingerprint density at radius 3 is 0.966 bits per heavy atom. The number of allylic oxidation sites excluding steroid dienone is 4. The predicted octanol–water partition coefficient (Wildman–Crippen LogP) is 8.09. The van der Waals surface area contributed by atoms with Crippen molar-refractivity contribution in [2.45, 2.75) is 32.6 Å². The van der Waals surface area contributed by atoms with Gasteiger partial charge in [-0.25, -0.2) is 0 Å². The first-order chi connectivity index (χ1) is 14.3. The first kappa shape index (κ1) is 26.1. The lowest BCUT2D eigenvalue weighted by molar-refractivity contribution is -0.176. The van der Waals surface area contributed by atoms with Crippen molar-refractivity contribution in [3.8, 4) is 0 Å². The van der Waals surface area contributed by atoms with Gasteiger partial charge >= 0.3 is 0 Å². The molecule has 2 N–H and O–H groups in total. The molecule has 0 bridgehead atoms. The van der Waals surface area contributed by atoms with Gasteiger partial charge in [0.15, 0.2) is 0 Å². The summed E-state index contributed by atoms with van der Waals surface area (Å²) in [5, 5.41) is 12.0. The van der Waals surface area contributed by atoms with Gasteiger partial charge in [-0.2, -0.15) is 0 Å². The summed E-state index contributed by atoms with van der Waals surface area (Å²) in [6, 6.07) is 34.5. The largest absolute Gasteiger partial charge is 0.255 e. The van der Waals surface area contributed by atoms with Crippen LogP contribution in [-0.4, -0.2) is 10.5 Å². The van der Waals surface area contributed by atoms with Crippen LogP contribution < -0.4 is 0 Å². The summed E-state index contributed by atoms with van der Waals surface area (Å²) >= 11 is 0. The third kappa shape index (κ3) is 18.2. The molecule has 1 aliphatic rings. The van der Waals surface area contributed by atoms with Crippen molar-refractivity contribution in [2.24, 2.45) is 0 Å². The van der Waals surface area contributed by atoms with Gasteiger partial charge in [-0.15, -0.1) is 0 Å². The molecule has 0 unspecified atom stereocenters. The highest BCUT2D eigenvalue weighted by atomic mass is 17.0. The van der Waals surface area contributed by atoms with Gasteiger partial charge in [0, 0.05) is 0 Å². The summed E-state index contributed by atoms with van der Waals surface area (Å²) in [6.07, 6.45) is 11.0. The van der Waals surface area contributed by atoms with E-state index in [9.17, 15) is 0 Å². The van der Waals surface area contributed by atoms with E-state index in [0.717, 1.165) is 0 Å². The molecule has 0 atom stereocenters. The van der Waals surface area contributed by atoms with Crippen LogP contribution in [0.15, 0.2) is 127 Å². The molecule has 3 aromatic carbocycles. The second kappa shape index (κ2) is 21.4. The first-order valence-corrected chi connectivity index (χ1v) is 9.87. The van der Waals surface area contributed by atoms with Gasteiger partial charge in [-0.05, 0) is 24.3 Å². The van der Waals surface area contributed by atoms with Crippen LogP contribution in [0.4, 0.5) is 0 Å². The predicted molar refractivity (Wildman–Crippen MR) is 126 cm³/mol. The van der Waals surface area contributed by atoms with Crippen LogP contribution in [0.3, 0.4) is 0 Å². The Hall–Kier alpha value is -2.94. The Balaban J connectivity index is 0.000000356. The monoisotopic (exact) mass is 390 g/mol. The van der Waals surface area contributed by atoms with Gasteiger partial charge < -0.3 is 0 Å². The van der Waals surface area contributed by atoms with Crippen LogP contribution in [0.5, 0.6) is 0 Å². The van der Waals surface area contributed by atoms with Crippen LogP contribution in [0.1, 0.15) is 38.2 Å². The fourth-order valence-corrected chi connectivity index (χ4v) is 2.15. The molecule has 0 aromatic heterocycles. The fourth-order valence-electron chi connectivity index (χ4n) is 2.15. The molecule has 0 amide bonds. The van der Waals surface area contributed by atoms with Gasteiger partial charge in [0.2, 0.25) is 0 Å². The van der Waals surface area contributed by atoms with E-state index >= 15 is 0 Å². The lowest BCUT2D eigenvalue weighted by Gasteiger charge is -2.01. The van der Waals surface area contributed by atoms with E-state index in [1.165, 1.54) is 18.4 Å². The molecule has 0 aliphatic heterocycles. The second-order valence-corrected chi connectivity index (χ2v) is 6.31. The average molecular weight is 391 g/mol. The minimum Gasteiger partial charge on any atom is -0.255 e. The number of rotatable bonds is 1. The summed E-state index contributed by atoms with van der Waals surface area (Å²) in [4.78, 5) is 0. The Morgan fingerprint density at radius 2 is 0.793 bits per heavy atom. The summed E-state index contributed by atoms with van der Waals surface area (Å²) in [5.74, 6) is 0.659. The van der Waals surface area contributed by atoms with Crippen molar-refractivity contribution in [3.63, 3.8) is 0 Å². The van der Waals surface area contributed by atoms with Gasteiger partial charge in [-0.1, -0.05) is 141 Å². The van der Waals surface area contributed by atoms with Crippen molar-refractivity contribution in [1.29, 1.82) is 0 Å². The highest BCUT2D eigenvalue weighted by molar-refractivity contribution is 5.17. The van der Waals surface area contributed by atoms with Crippen molar-refractivity contribution in [3.05, 3.63) is 133 Å². The summed E-state index contributed by atoms with van der Waals surface area (Å²) in [6.45, 7) is 4.41. The molecule has 154 valence electrons. The van der Waals surface area contributed by atoms with Crippen molar-refractivity contribution >= 4 is 0 Å². The van der Waals surface area contributed by atoms with E-state index in [-0.39, 0.29) is 0 Å². The zero-order chi connectivity index (χ0) is 21.4. The summed E-state index contributed by atoms with van der Waals surface area (Å²) < 4.78 is 0. The fraction of sp³-hybridized carbons (Fsp3) is 0.185. The smallest absolute Gasteiger partial charge is 0.0219 e. The van der Waals surface area contributed by atoms with Crippen molar-refractivity contribution < 1.29 is 10.5 Å². The lowest BCUT2D eigenvalue weighted by Crippen LogP contribution is -1.83. The molecular weight excluding hydrogens is 356 g/mol. The molecule has 1 aliphatic carbocycles. The highest BCUT2D eigenvalue weighted by Gasteiger charge is 1.93. The molecule has 29 heavy (non-hydrogen) atoms. The Labute approximate surface area is 176 Å². The van der Waals surface area contributed by atoms with Crippen molar-refractivity contribution in [1.82, 2.24) is 0 Å². The van der Waals surface area contributed by atoms with E-state index < -0.39 is 0 Å². The quantitative estimate of drug-likeness (QED) is 0.325. The molecule has 2 heteroatoms. The average Bonchev–Trinajstić information content (AvgIpc) is 2.85. The molecule has 0 heterocycles. The molecule has 2 nitrogen and oxygen atoms in total. The topological polar surface area (TPSA) is 40.5 Å². The molecule has 4 rings (SSSR count). The third-order valence-corrected chi connectivity index (χ3v) is 3.68. The number of hydrogen-bond acceptors (Lipinski definition) is 2. The van der Waals surface area contributed by atoms with Crippen LogP contribution in [0.2, 0.25) is 0 Å². The normalized spacial score (nSPS) is 10.5. The summed E-state index contributed by atoms with van der Waals surface area (Å²) in [5.41, 5.74) is 1.41. The van der Waals surface area contributed by atoms with E-state index in [2.05, 4.69) is 62.4 Å². The zero-order valence-corrected chi connectivity index (χ0v) is 17.5. The molecule has 0 saturated heterocycles. The highest BCUT2D eigenvalue weighted by Crippen LogP contribution is 2.11. The van der Waals surface area contributed by atoms with Gasteiger partial charge in [0.05, 0.1) is 0 Å². The molecule has 3 aromatic rings. The molecule has 0 saturated carbocycles. The zero-order valence-electron chi connectivity index (χ0n) is 17.5. The van der Waals surface area contributed by atoms with Crippen molar-refractivity contribution in [2.75, 3.05) is 0 Å². The SMILES string of the molecule is C1=CCCC=C1.CC(C)c1ccccc1.OO.c1ccccc1.c1ccccc1. The van der Waals surface area contributed by atoms with E-state index in [0.29, 0.717) is 5.92 Å². The minimum atomic E-state index is 0.659. The molecule has 0 fully saturated rings. The van der Waals surface area contributed by atoms with E-state index in [1.54, 1.807) is 0 Å². The standard InChI is InChI=1S/C9H12.C6H8.2C6H6.H2O2/c1-8(2)9-6-4-3-5-7-9;3*1-2-4-6-5-3-1;1-2/h3-8H,1-2H3;1-4H,5-6H2;2*1-6H;1-2H.